The second-order valence-corrected chi connectivity index (χ2v) is 5.88. The summed E-state index contributed by atoms with van der Waals surface area (Å²) in [4.78, 5) is 6.86. The third-order valence-corrected chi connectivity index (χ3v) is 4.06. The van der Waals surface area contributed by atoms with Gasteiger partial charge >= 0.3 is 0 Å². The lowest BCUT2D eigenvalue weighted by Gasteiger charge is -2.30. The molecule has 1 aliphatic heterocycles. The van der Waals surface area contributed by atoms with Crippen molar-refractivity contribution in [2.75, 3.05) is 20.1 Å². The Hall–Kier alpha value is -1.56. The van der Waals surface area contributed by atoms with Crippen molar-refractivity contribution in [2.45, 2.75) is 19.4 Å². The molecule has 3 rings (SSSR count). The number of rotatable bonds is 3. The Morgan fingerprint density at radius 3 is 2.48 bits per heavy atom. The van der Waals surface area contributed by atoms with E-state index in [2.05, 4.69) is 83.8 Å². The van der Waals surface area contributed by atoms with Gasteiger partial charge in [-0.25, -0.2) is 0 Å². The van der Waals surface area contributed by atoms with Crippen molar-refractivity contribution in [3.05, 3.63) is 71.3 Å². The minimum absolute atomic E-state index is 0. The number of guanidine groups is 1. The monoisotopic (exact) mass is 421 g/mol. The van der Waals surface area contributed by atoms with Crippen LogP contribution < -0.4 is 5.32 Å². The van der Waals surface area contributed by atoms with Crippen LogP contribution in [0.1, 0.15) is 29.2 Å². The van der Waals surface area contributed by atoms with Crippen molar-refractivity contribution < 1.29 is 0 Å². The average Bonchev–Trinajstić information content (AvgIpc) is 2.55. The molecule has 1 atom stereocenters. The summed E-state index contributed by atoms with van der Waals surface area (Å²) in [6.07, 6.45) is 1.13. The fourth-order valence-electron chi connectivity index (χ4n) is 2.86. The molecule has 1 heterocycles. The molecule has 1 unspecified atom stereocenters. The van der Waals surface area contributed by atoms with Crippen molar-refractivity contribution >= 4 is 29.9 Å². The molecule has 0 spiro atoms. The van der Waals surface area contributed by atoms with Crippen LogP contribution in [0.4, 0.5) is 0 Å². The summed E-state index contributed by atoms with van der Waals surface area (Å²) in [5.41, 5.74) is 3.81. The molecule has 4 heteroatoms. The Bertz CT molecular complexity index is 655. The molecular formula is C19H24IN3. The van der Waals surface area contributed by atoms with Crippen LogP contribution in [-0.2, 0) is 0 Å². The third kappa shape index (κ3) is 4.47. The van der Waals surface area contributed by atoms with Crippen molar-refractivity contribution in [3.8, 4) is 0 Å². The largest absolute Gasteiger partial charge is 0.346 e. The van der Waals surface area contributed by atoms with E-state index in [1.807, 2.05) is 0 Å². The SMILES string of the molecule is Cc1cccc(C(NC2=NCCCN2C)c2ccccc2)c1.I. The lowest BCUT2D eigenvalue weighted by Crippen LogP contribution is -2.44. The number of nitrogens with one attached hydrogen (secondary N) is 1. The highest BCUT2D eigenvalue weighted by molar-refractivity contribution is 14.0. The summed E-state index contributed by atoms with van der Waals surface area (Å²) in [5.74, 6) is 0.988. The van der Waals surface area contributed by atoms with Gasteiger partial charge in [0.05, 0.1) is 6.04 Å². The summed E-state index contributed by atoms with van der Waals surface area (Å²) in [6, 6.07) is 19.4. The molecule has 2 aromatic rings. The zero-order chi connectivity index (χ0) is 15.4. The van der Waals surface area contributed by atoms with Crippen LogP contribution in [0.3, 0.4) is 0 Å². The topological polar surface area (TPSA) is 27.6 Å². The van der Waals surface area contributed by atoms with Gasteiger partial charge in [0.1, 0.15) is 0 Å². The van der Waals surface area contributed by atoms with E-state index in [9.17, 15) is 0 Å². The van der Waals surface area contributed by atoms with Crippen LogP contribution in [-0.4, -0.2) is 31.0 Å². The first-order valence-corrected chi connectivity index (χ1v) is 7.87. The summed E-state index contributed by atoms with van der Waals surface area (Å²) in [7, 11) is 2.10. The van der Waals surface area contributed by atoms with E-state index in [0.29, 0.717) is 0 Å². The van der Waals surface area contributed by atoms with Gasteiger partial charge in [-0.05, 0) is 24.5 Å². The number of benzene rings is 2. The van der Waals surface area contributed by atoms with E-state index < -0.39 is 0 Å². The number of aliphatic imine (C=N–C) groups is 1. The first-order chi connectivity index (χ1) is 10.7. The van der Waals surface area contributed by atoms with E-state index in [-0.39, 0.29) is 30.0 Å². The van der Waals surface area contributed by atoms with Crippen LogP contribution >= 0.6 is 24.0 Å². The molecule has 0 bridgehead atoms. The Morgan fingerprint density at radius 2 is 1.78 bits per heavy atom. The molecule has 0 fully saturated rings. The van der Waals surface area contributed by atoms with E-state index >= 15 is 0 Å². The fraction of sp³-hybridized carbons (Fsp3) is 0.316. The van der Waals surface area contributed by atoms with Gasteiger partial charge < -0.3 is 10.2 Å². The van der Waals surface area contributed by atoms with Crippen LogP contribution in [0.25, 0.3) is 0 Å². The van der Waals surface area contributed by atoms with Crippen LogP contribution in [0, 0.1) is 6.92 Å². The fourth-order valence-corrected chi connectivity index (χ4v) is 2.86. The van der Waals surface area contributed by atoms with Gasteiger partial charge in [-0.15, -0.1) is 24.0 Å². The van der Waals surface area contributed by atoms with Crippen molar-refractivity contribution in [3.63, 3.8) is 0 Å². The molecule has 0 saturated heterocycles. The first kappa shape index (κ1) is 17.8. The van der Waals surface area contributed by atoms with Gasteiger partial charge in [-0.2, -0.15) is 0 Å². The zero-order valence-electron chi connectivity index (χ0n) is 13.7. The van der Waals surface area contributed by atoms with Crippen LogP contribution in [0.15, 0.2) is 59.6 Å². The molecule has 1 N–H and O–H groups in total. The number of nitrogens with zero attached hydrogens (tertiary/aromatic N) is 2. The lowest BCUT2D eigenvalue weighted by molar-refractivity contribution is 0.440. The summed E-state index contributed by atoms with van der Waals surface area (Å²) < 4.78 is 0. The molecule has 0 saturated carbocycles. The van der Waals surface area contributed by atoms with Gasteiger partial charge in [0.25, 0.3) is 0 Å². The van der Waals surface area contributed by atoms with Crippen molar-refractivity contribution in [2.24, 2.45) is 4.99 Å². The second kappa shape index (κ2) is 8.34. The smallest absolute Gasteiger partial charge is 0.194 e. The predicted octanol–water partition coefficient (Wildman–Crippen LogP) is 3.98. The lowest BCUT2D eigenvalue weighted by atomic mass is 9.97. The van der Waals surface area contributed by atoms with Gasteiger partial charge in [0, 0.05) is 20.1 Å². The zero-order valence-corrected chi connectivity index (χ0v) is 16.0. The summed E-state index contributed by atoms with van der Waals surface area (Å²) in [5, 5.41) is 3.64. The molecular weight excluding hydrogens is 397 g/mol. The molecule has 2 aromatic carbocycles. The van der Waals surface area contributed by atoms with Gasteiger partial charge in [-0.3, -0.25) is 4.99 Å². The Morgan fingerprint density at radius 1 is 1.04 bits per heavy atom. The van der Waals surface area contributed by atoms with Crippen molar-refractivity contribution in [1.29, 1.82) is 0 Å². The maximum absolute atomic E-state index is 4.66. The maximum atomic E-state index is 4.66. The maximum Gasteiger partial charge on any atom is 0.194 e. The average molecular weight is 421 g/mol. The number of hydrogen-bond donors (Lipinski definition) is 1. The number of halogens is 1. The predicted molar refractivity (Wildman–Crippen MR) is 108 cm³/mol. The third-order valence-electron chi connectivity index (χ3n) is 4.06. The number of hydrogen-bond acceptors (Lipinski definition) is 3. The minimum atomic E-state index is 0. The van der Waals surface area contributed by atoms with E-state index in [1.54, 1.807) is 0 Å². The second-order valence-electron chi connectivity index (χ2n) is 5.88. The number of aryl methyl sites for hydroxylation is 1. The highest BCUT2D eigenvalue weighted by Crippen LogP contribution is 2.23. The Kier molecular flexibility index (Phi) is 6.45. The highest BCUT2D eigenvalue weighted by Gasteiger charge is 2.19. The molecule has 23 heavy (non-hydrogen) atoms. The van der Waals surface area contributed by atoms with E-state index in [4.69, 9.17) is 0 Å². The molecule has 1 aliphatic rings. The molecule has 0 radical (unpaired) electrons. The van der Waals surface area contributed by atoms with Crippen LogP contribution in [0.5, 0.6) is 0 Å². The minimum Gasteiger partial charge on any atom is -0.346 e. The van der Waals surface area contributed by atoms with Gasteiger partial charge in [0.15, 0.2) is 5.96 Å². The van der Waals surface area contributed by atoms with Gasteiger partial charge in [0.2, 0.25) is 0 Å². The quantitative estimate of drug-likeness (QED) is 0.760. The Labute approximate surface area is 155 Å². The van der Waals surface area contributed by atoms with Crippen molar-refractivity contribution in [1.82, 2.24) is 10.2 Å². The van der Waals surface area contributed by atoms with E-state index in [0.717, 1.165) is 25.5 Å². The van der Waals surface area contributed by atoms with Crippen LogP contribution in [0.2, 0.25) is 0 Å². The van der Waals surface area contributed by atoms with E-state index in [1.165, 1.54) is 16.7 Å². The first-order valence-electron chi connectivity index (χ1n) is 7.87. The normalized spacial score (nSPS) is 15.4. The molecule has 3 nitrogen and oxygen atoms in total. The highest BCUT2D eigenvalue weighted by atomic mass is 127. The molecule has 0 aromatic heterocycles. The summed E-state index contributed by atoms with van der Waals surface area (Å²) in [6.45, 7) is 4.10. The summed E-state index contributed by atoms with van der Waals surface area (Å²) >= 11 is 0. The standard InChI is InChI=1S/C19H23N3.HI/c1-15-8-6-11-17(14-15)18(16-9-4-3-5-10-16)21-19-20-12-7-13-22(19)2;/h3-6,8-11,14,18H,7,12-13H2,1-2H3,(H,20,21);1H. The molecule has 0 aliphatic carbocycles. The van der Waals surface area contributed by atoms with Gasteiger partial charge in [-0.1, -0.05) is 60.2 Å². The molecule has 122 valence electrons. The Balaban J connectivity index is 0.00000192. The molecule has 0 amide bonds.